The third-order valence-electron chi connectivity index (χ3n) is 2.78. The molecule has 0 saturated heterocycles. The normalized spacial score (nSPS) is 15.2. The van der Waals surface area contributed by atoms with Crippen molar-refractivity contribution >= 4 is 0 Å². The van der Waals surface area contributed by atoms with Crippen molar-refractivity contribution in [1.29, 1.82) is 0 Å². The van der Waals surface area contributed by atoms with Crippen LogP contribution < -0.4 is 4.74 Å². The standard InChI is InChI=1S/C12H17N3O4/c1-19-9-4-2-8(3-5-9)6-10(14-15-13)12(18)11(17)7-16/h2-5,10-12,16-18H,6-7H2,1H3/t10-,11-,12+/m1/s1. The zero-order valence-electron chi connectivity index (χ0n) is 10.5. The first-order valence-corrected chi connectivity index (χ1v) is 5.76. The minimum absolute atomic E-state index is 0.256. The SMILES string of the molecule is COc1ccc(C[C@@H](N=[N+]=[N-])[C@H](O)[C@H](O)CO)cc1. The minimum atomic E-state index is -1.34. The van der Waals surface area contributed by atoms with Crippen molar-refractivity contribution in [3.63, 3.8) is 0 Å². The first-order chi connectivity index (χ1) is 9.12. The third kappa shape index (κ3) is 4.42. The topological polar surface area (TPSA) is 119 Å². The molecule has 19 heavy (non-hydrogen) atoms. The van der Waals surface area contributed by atoms with E-state index in [9.17, 15) is 10.2 Å². The number of aliphatic hydroxyl groups is 3. The van der Waals surface area contributed by atoms with E-state index in [1.807, 2.05) is 0 Å². The maximum absolute atomic E-state index is 9.77. The molecule has 3 N–H and O–H groups in total. The zero-order chi connectivity index (χ0) is 14.3. The average Bonchev–Trinajstić information content (AvgIpc) is 2.46. The number of azide groups is 1. The molecular formula is C12H17N3O4. The lowest BCUT2D eigenvalue weighted by atomic mass is 9.99. The molecule has 0 aliphatic rings. The van der Waals surface area contributed by atoms with Gasteiger partial charge in [0, 0.05) is 4.91 Å². The second-order valence-corrected chi connectivity index (χ2v) is 4.06. The number of nitrogens with zero attached hydrogens (tertiary/aromatic N) is 3. The smallest absolute Gasteiger partial charge is 0.118 e. The van der Waals surface area contributed by atoms with Crippen LogP contribution in [-0.4, -0.2) is 47.3 Å². The van der Waals surface area contributed by atoms with Gasteiger partial charge in [-0.15, -0.1) is 0 Å². The van der Waals surface area contributed by atoms with Gasteiger partial charge in [-0.3, -0.25) is 0 Å². The summed E-state index contributed by atoms with van der Waals surface area (Å²) in [6.07, 6.45) is -2.40. The number of aliphatic hydroxyl groups excluding tert-OH is 3. The largest absolute Gasteiger partial charge is 0.497 e. The molecule has 3 atom stereocenters. The zero-order valence-corrected chi connectivity index (χ0v) is 10.5. The van der Waals surface area contributed by atoms with Crippen LogP contribution in [0.2, 0.25) is 0 Å². The van der Waals surface area contributed by atoms with Crippen LogP contribution in [0.4, 0.5) is 0 Å². The molecule has 0 amide bonds. The van der Waals surface area contributed by atoms with Crippen molar-refractivity contribution in [3.8, 4) is 5.75 Å². The number of benzene rings is 1. The van der Waals surface area contributed by atoms with E-state index in [-0.39, 0.29) is 6.42 Å². The quantitative estimate of drug-likeness (QED) is 0.381. The Morgan fingerprint density at radius 3 is 2.42 bits per heavy atom. The molecule has 0 spiro atoms. The predicted octanol–water partition coefficient (Wildman–Crippen LogP) is 0.631. The Kier molecular flexibility index (Phi) is 6.11. The van der Waals surface area contributed by atoms with Crippen LogP contribution in [0, 0.1) is 0 Å². The van der Waals surface area contributed by atoms with Gasteiger partial charge in [0.15, 0.2) is 0 Å². The van der Waals surface area contributed by atoms with Crippen LogP contribution in [0.3, 0.4) is 0 Å². The average molecular weight is 267 g/mol. The van der Waals surface area contributed by atoms with Gasteiger partial charge in [-0.25, -0.2) is 0 Å². The van der Waals surface area contributed by atoms with E-state index >= 15 is 0 Å². The fourth-order valence-corrected chi connectivity index (χ4v) is 1.66. The maximum Gasteiger partial charge on any atom is 0.118 e. The van der Waals surface area contributed by atoms with Crippen LogP contribution >= 0.6 is 0 Å². The maximum atomic E-state index is 9.77. The lowest BCUT2D eigenvalue weighted by Gasteiger charge is -2.22. The second kappa shape index (κ2) is 7.60. The highest BCUT2D eigenvalue weighted by Crippen LogP contribution is 2.16. The molecule has 0 heterocycles. The van der Waals surface area contributed by atoms with Crippen molar-refractivity contribution in [3.05, 3.63) is 40.3 Å². The molecule has 0 fully saturated rings. The summed E-state index contributed by atoms with van der Waals surface area (Å²) in [5, 5.41) is 31.4. The van der Waals surface area contributed by atoms with Gasteiger partial charge in [0.05, 0.1) is 25.9 Å². The number of hydrogen-bond acceptors (Lipinski definition) is 5. The van der Waals surface area contributed by atoms with Gasteiger partial charge in [-0.2, -0.15) is 0 Å². The number of rotatable bonds is 7. The first-order valence-electron chi connectivity index (χ1n) is 5.76. The molecular weight excluding hydrogens is 250 g/mol. The number of ether oxygens (including phenoxy) is 1. The van der Waals surface area contributed by atoms with Gasteiger partial charge in [-0.05, 0) is 29.6 Å². The lowest BCUT2D eigenvalue weighted by molar-refractivity contribution is -0.0255. The third-order valence-corrected chi connectivity index (χ3v) is 2.78. The summed E-state index contributed by atoms with van der Waals surface area (Å²) < 4.78 is 5.02. The lowest BCUT2D eigenvalue weighted by Crippen LogP contribution is -2.39. The highest BCUT2D eigenvalue weighted by atomic mass is 16.5. The first kappa shape index (κ1) is 15.3. The molecule has 104 valence electrons. The Morgan fingerprint density at radius 1 is 1.32 bits per heavy atom. The van der Waals surface area contributed by atoms with Crippen molar-refractivity contribution < 1.29 is 20.1 Å². The van der Waals surface area contributed by atoms with Crippen LogP contribution in [0.15, 0.2) is 29.4 Å². The van der Waals surface area contributed by atoms with Crippen molar-refractivity contribution in [2.75, 3.05) is 13.7 Å². The van der Waals surface area contributed by atoms with Gasteiger partial charge in [-0.1, -0.05) is 17.2 Å². The highest BCUT2D eigenvalue weighted by Gasteiger charge is 2.25. The fraction of sp³-hybridized carbons (Fsp3) is 0.500. The van der Waals surface area contributed by atoms with Crippen LogP contribution in [-0.2, 0) is 6.42 Å². The Hall–Kier alpha value is -1.79. The Labute approximate surface area is 110 Å². The Morgan fingerprint density at radius 2 is 1.95 bits per heavy atom. The summed E-state index contributed by atoms with van der Waals surface area (Å²) in [7, 11) is 1.55. The summed E-state index contributed by atoms with van der Waals surface area (Å²) in [6.45, 7) is -0.596. The van der Waals surface area contributed by atoms with E-state index in [0.717, 1.165) is 5.56 Å². The summed E-state index contributed by atoms with van der Waals surface area (Å²) in [5.41, 5.74) is 9.30. The van der Waals surface area contributed by atoms with Gasteiger partial charge < -0.3 is 20.1 Å². The monoisotopic (exact) mass is 267 g/mol. The molecule has 0 radical (unpaired) electrons. The molecule has 7 nitrogen and oxygen atoms in total. The molecule has 0 saturated carbocycles. The van der Waals surface area contributed by atoms with E-state index in [2.05, 4.69) is 10.0 Å². The predicted molar refractivity (Wildman–Crippen MR) is 68.7 cm³/mol. The number of hydrogen-bond donors (Lipinski definition) is 3. The van der Waals surface area contributed by atoms with Crippen LogP contribution in [0.5, 0.6) is 5.75 Å². The van der Waals surface area contributed by atoms with E-state index in [4.69, 9.17) is 15.4 Å². The molecule has 1 aromatic carbocycles. The van der Waals surface area contributed by atoms with Crippen molar-refractivity contribution in [2.24, 2.45) is 5.11 Å². The van der Waals surface area contributed by atoms with Crippen molar-refractivity contribution in [2.45, 2.75) is 24.7 Å². The Balaban J connectivity index is 2.79. The van der Waals surface area contributed by atoms with Gasteiger partial charge in [0.2, 0.25) is 0 Å². The second-order valence-electron chi connectivity index (χ2n) is 4.06. The van der Waals surface area contributed by atoms with E-state index in [1.54, 1.807) is 31.4 Å². The van der Waals surface area contributed by atoms with E-state index in [0.29, 0.717) is 5.75 Å². The Bertz CT molecular complexity index is 431. The molecule has 1 rings (SSSR count). The van der Waals surface area contributed by atoms with Crippen molar-refractivity contribution in [1.82, 2.24) is 0 Å². The van der Waals surface area contributed by atoms with Crippen LogP contribution in [0.1, 0.15) is 5.56 Å². The molecule has 1 aromatic rings. The van der Waals surface area contributed by atoms with E-state index in [1.165, 1.54) is 0 Å². The van der Waals surface area contributed by atoms with Crippen LogP contribution in [0.25, 0.3) is 10.4 Å². The van der Waals surface area contributed by atoms with Gasteiger partial charge >= 0.3 is 0 Å². The summed E-state index contributed by atoms with van der Waals surface area (Å²) in [6, 6.07) is 6.20. The molecule has 0 aliphatic carbocycles. The fourth-order valence-electron chi connectivity index (χ4n) is 1.66. The minimum Gasteiger partial charge on any atom is -0.497 e. The molecule has 0 aromatic heterocycles. The molecule has 0 bridgehead atoms. The van der Waals surface area contributed by atoms with Gasteiger partial charge in [0.1, 0.15) is 11.9 Å². The molecule has 7 heteroatoms. The summed E-state index contributed by atoms with van der Waals surface area (Å²) in [5.74, 6) is 0.694. The molecule has 0 unspecified atom stereocenters. The highest BCUT2D eigenvalue weighted by molar-refractivity contribution is 5.27. The molecule has 0 aliphatic heterocycles. The van der Waals surface area contributed by atoms with Gasteiger partial charge in [0.25, 0.3) is 0 Å². The summed E-state index contributed by atoms with van der Waals surface area (Å²) >= 11 is 0. The summed E-state index contributed by atoms with van der Waals surface area (Å²) in [4.78, 5) is 2.65. The number of methoxy groups -OCH3 is 1. The van der Waals surface area contributed by atoms with E-state index < -0.39 is 24.9 Å².